The number of piperidine rings is 1. The second-order valence-electron chi connectivity index (χ2n) is 4.41. The number of hydrogen-bond donors (Lipinski definition) is 0. The van der Waals surface area contributed by atoms with Crippen molar-refractivity contribution < 1.29 is 4.39 Å². The molecule has 82 valence electrons. The first kappa shape index (κ1) is 10.6. The molecular formula is C13H18FN. The van der Waals surface area contributed by atoms with Crippen LogP contribution in [0, 0.1) is 12.7 Å². The summed E-state index contributed by atoms with van der Waals surface area (Å²) >= 11 is 0. The van der Waals surface area contributed by atoms with Crippen LogP contribution in [0.5, 0.6) is 0 Å². The zero-order valence-corrected chi connectivity index (χ0v) is 9.30. The van der Waals surface area contributed by atoms with Gasteiger partial charge in [-0.25, -0.2) is 4.39 Å². The molecule has 0 N–H and O–H groups in total. The lowest BCUT2D eigenvalue weighted by Gasteiger charge is -2.27. The van der Waals surface area contributed by atoms with Crippen LogP contribution in [0.4, 0.5) is 4.39 Å². The van der Waals surface area contributed by atoms with Gasteiger partial charge in [0.25, 0.3) is 0 Å². The summed E-state index contributed by atoms with van der Waals surface area (Å²) in [5.41, 5.74) is 2.33. The summed E-state index contributed by atoms with van der Waals surface area (Å²) in [6, 6.07) is 5.08. The van der Waals surface area contributed by atoms with Gasteiger partial charge in [-0.2, -0.15) is 0 Å². The molecule has 0 saturated carbocycles. The third-order valence-corrected chi connectivity index (χ3v) is 3.15. The minimum absolute atomic E-state index is 0.118. The Morgan fingerprint density at radius 2 is 1.93 bits per heavy atom. The second-order valence-corrected chi connectivity index (χ2v) is 4.41. The Kier molecular flexibility index (Phi) is 3.37. The van der Waals surface area contributed by atoms with Gasteiger partial charge in [-0.3, -0.25) is 4.90 Å². The molecule has 1 aliphatic heterocycles. The molecule has 2 heteroatoms. The molecule has 0 atom stereocenters. The van der Waals surface area contributed by atoms with Crippen molar-refractivity contribution in [1.82, 2.24) is 4.90 Å². The fraction of sp³-hybridized carbons (Fsp3) is 0.538. The zero-order valence-electron chi connectivity index (χ0n) is 9.30. The summed E-state index contributed by atoms with van der Waals surface area (Å²) < 4.78 is 13.1. The summed E-state index contributed by atoms with van der Waals surface area (Å²) in [5, 5.41) is 0. The molecule has 1 aliphatic rings. The van der Waals surface area contributed by atoms with Gasteiger partial charge < -0.3 is 0 Å². The van der Waals surface area contributed by atoms with Gasteiger partial charge in [0.2, 0.25) is 0 Å². The molecule has 1 saturated heterocycles. The molecule has 0 spiro atoms. The van der Waals surface area contributed by atoms with E-state index in [1.165, 1.54) is 30.9 Å². The third kappa shape index (κ3) is 2.78. The van der Waals surface area contributed by atoms with Crippen LogP contribution in [0.1, 0.15) is 30.4 Å². The van der Waals surface area contributed by atoms with E-state index in [9.17, 15) is 4.39 Å². The molecule has 0 aromatic heterocycles. The number of rotatable bonds is 2. The van der Waals surface area contributed by atoms with Crippen molar-refractivity contribution in [2.24, 2.45) is 0 Å². The lowest BCUT2D eigenvalue weighted by atomic mass is 10.1. The Morgan fingerprint density at radius 1 is 1.20 bits per heavy atom. The highest BCUT2D eigenvalue weighted by atomic mass is 19.1. The third-order valence-electron chi connectivity index (χ3n) is 3.15. The fourth-order valence-electron chi connectivity index (χ4n) is 2.17. The molecule has 2 rings (SSSR count). The molecule has 0 aliphatic carbocycles. The number of nitrogens with zero attached hydrogens (tertiary/aromatic N) is 1. The Morgan fingerprint density at radius 3 is 2.67 bits per heavy atom. The average molecular weight is 207 g/mol. The van der Waals surface area contributed by atoms with Gasteiger partial charge in [0.1, 0.15) is 5.82 Å². The average Bonchev–Trinajstić information content (AvgIpc) is 2.25. The van der Waals surface area contributed by atoms with E-state index in [0.717, 1.165) is 25.2 Å². The van der Waals surface area contributed by atoms with Crippen LogP contribution in [0.3, 0.4) is 0 Å². The Hall–Kier alpha value is -0.890. The normalized spacial score (nSPS) is 18.0. The number of aryl methyl sites for hydroxylation is 1. The summed E-state index contributed by atoms with van der Waals surface area (Å²) in [4.78, 5) is 2.42. The molecule has 1 heterocycles. The molecule has 1 aromatic rings. The van der Waals surface area contributed by atoms with Crippen LogP contribution < -0.4 is 0 Å². The van der Waals surface area contributed by atoms with E-state index >= 15 is 0 Å². The van der Waals surface area contributed by atoms with Crippen molar-refractivity contribution in [3.63, 3.8) is 0 Å². The molecule has 0 radical (unpaired) electrons. The van der Waals surface area contributed by atoms with Crippen molar-refractivity contribution in [3.8, 4) is 0 Å². The second kappa shape index (κ2) is 4.75. The fourth-order valence-corrected chi connectivity index (χ4v) is 2.17. The van der Waals surface area contributed by atoms with E-state index in [4.69, 9.17) is 0 Å². The maximum absolute atomic E-state index is 13.1. The van der Waals surface area contributed by atoms with Crippen LogP contribution in [0.25, 0.3) is 0 Å². The first-order valence-electron chi connectivity index (χ1n) is 5.73. The lowest BCUT2D eigenvalue weighted by Crippen LogP contribution is -2.29. The summed E-state index contributed by atoms with van der Waals surface area (Å²) in [6.45, 7) is 5.29. The zero-order chi connectivity index (χ0) is 10.7. The highest BCUT2D eigenvalue weighted by Crippen LogP contribution is 2.16. The molecule has 0 unspecified atom stereocenters. The van der Waals surface area contributed by atoms with Crippen molar-refractivity contribution in [2.75, 3.05) is 13.1 Å². The first-order chi connectivity index (χ1) is 7.25. The van der Waals surface area contributed by atoms with Crippen molar-refractivity contribution in [1.29, 1.82) is 0 Å². The number of hydrogen-bond acceptors (Lipinski definition) is 1. The van der Waals surface area contributed by atoms with E-state index in [1.54, 1.807) is 6.07 Å². The topological polar surface area (TPSA) is 3.24 Å². The minimum atomic E-state index is -0.118. The predicted octanol–water partition coefficient (Wildman–Crippen LogP) is 3.12. The maximum Gasteiger partial charge on any atom is 0.123 e. The maximum atomic E-state index is 13.1. The largest absolute Gasteiger partial charge is 0.299 e. The Balaban J connectivity index is 2.05. The van der Waals surface area contributed by atoms with Gasteiger partial charge in [0.15, 0.2) is 0 Å². The van der Waals surface area contributed by atoms with Gasteiger partial charge in [0.05, 0.1) is 0 Å². The number of benzene rings is 1. The Bertz CT molecular complexity index is 329. The van der Waals surface area contributed by atoms with Crippen LogP contribution in [-0.4, -0.2) is 18.0 Å². The number of halogens is 1. The van der Waals surface area contributed by atoms with Gasteiger partial charge in [-0.1, -0.05) is 12.5 Å². The van der Waals surface area contributed by atoms with Crippen LogP contribution in [0.2, 0.25) is 0 Å². The quantitative estimate of drug-likeness (QED) is 0.720. The smallest absolute Gasteiger partial charge is 0.123 e. The molecule has 0 amide bonds. The van der Waals surface area contributed by atoms with Gasteiger partial charge in [0, 0.05) is 6.54 Å². The van der Waals surface area contributed by atoms with Crippen LogP contribution in [0.15, 0.2) is 18.2 Å². The summed E-state index contributed by atoms with van der Waals surface area (Å²) in [5.74, 6) is -0.118. The van der Waals surface area contributed by atoms with Crippen molar-refractivity contribution in [3.05, 3.63) is 35.1 Å². The highest BCUT2D eigenvalue weighted by Gasteiger charge is 2.11. The van der Waals surface area contributed by atoms with Crippen molar-refractivity contribution in [2.45, 2.75) is 32.7 Å². The molecular weight excluding hydrogens is 189 g/mol. The van der Waals surface area contributed by atoms with Gasteiger partial charge in [-0.15, -0.1) is 0 Å². The van der Waals surface area contributed by atoms with Crippen molar-refractivity contribution >= 4 is 0 Å². The highest BCUT2D eigenvalue weighted by molar-refractivity contribution is 5.26. The predicted molar refractivity (Wildman–Crippen MR) is 60.3 cm³/mol. The monoisotopic (exact) mass is 207 g/mol. The Labute approximate surface area is 90.9 Å². The molecule has 1 aromatic carbocycles. The molecule has 15 heavy (non-hydrogen) atoms. The van der Waals surface area contributed by atoms with Gasteiger partial charge in [-0.05, 0) is 56.1 Å². The summed E-state index contributed by atoms with van der Waals surface area (Å²) in [7, 11) is 0. The van der Waals surface area contributed by atoms with E-state index in [-0.39, 0.29) is 5.82 Å². The molecule has 1 fully saturated rings. The van der Waals surface area contributed by atoms with Crippen LogP contribution in [-0.2, 0) is 6.54 Å². The molecule has 1 nitrogen and oxygen atoms in total. The summed E-state index contributed by atoms with van der Waals surface area (Å²) in [6.07, 6.45) is 3.92. The minimum Gasteiger partial charge on any atom is -0.299 e. The standard InChI is InChI=1S/C13H18FN/c1-11-5-6-13(14)9-12(11)10-15-7-3-2-4-8-15/h5-6,9H,2-4,7-8,10H2,1H3. The van der Waals surface area contributed by atoms with E-state index in [1.807, 2.05) is 6.07 Å². The lowest BCUT2D eigenvalue weighted by molar-refractivity contribution is 0.220. The first-order valence-corrected chi connectivity index (χ1v) is 5.73. The van der Waals surface area contributed by atoms with Crippen LogP contribution >= 0.6 is 0 Å². The molecule has 0 bridgehead atoms. The SMILES string of the molecule is Cc1ccc(F)cc1CN1CCCCC1. The van der Waals surface area contributed by atoms with E-state index in [2.05, 4.69) is 11.8 Å². The van der Waals surface area contributed by atoms with E-state index < -0.39 is 0 Å². The van der Waals surface area contributed by atoms with Gasteiger partial charge >= 0.3 is 0 Å². The van der Waals surface area contributed by atoms with E-state index in [0.29, 0.717) is 0 Å². The number of likely N-dealkylation sites (tertiary alicyclic amines) is 1.